The van der Waals surface area contributed by atoms with Crippen LogP contribution in [0.2, 0.25) is 0 Å². The predicted octanol–water partition coefficient (Wildman–Crippen LogP) is 0.477. The van der Waals surface area contributed by atoms with Crippen molar-refractivity contribution in [1.82, 2.24) is 5.32 Å². The van der Waals surface area contributed by atoms with Crippen LogP contribution in [0.4, 0.5) is 5.69 Å². The number of hydrogen-bond acceptors (Lipinski definition) is 3. The molecule has 17 heavy (non-hydrogen) atoms. The molecule has 1 aromatic rings. The third kappa shape index (κ3) is 4.24. The van der Waals surface area contributed by atoms with Crippen molar-refractivity contribution in [2.75, 3.05) is 5.32 Å². The number of hydrogen-bond donors (Lipinski definition) is 3. The second-order valence-corrected chi connectivity index (χ2v) is 3.87. The number of amides is 2. The molecule has 0 bridgehead atoms. The SMILES string of the molecule is CC(NC(=O)[C@@H](C)N)C(=O)Nc1ccccc1. The Morgan fingerprint density at radius 3 is 2.24 bits per heavy atom. The average molecular weight is 235 g/mol. The van der Waals surface area contributed by atoms with E-state index in [-0.39, 0.29) is 11.8 Å². The average Bonchev–Trinajstić information content (AvgIpc) is 2.29. The van der Waals surface area contributed by atoms with E-state index in [0.29, 0.717) is 5.69 Å². The fraction of sp³-hybridized carbons (Fsp3) is 0.333. The second-order valence-electron chi connectivity index (χ2n) is 3.87. The summed E-state index contributed by atoms with van der Waals surface area (Å²) < 4.78 is 0. The smallest absolute Gasteiger partial charge is 0.246 e. The molecule has 0 radical (unpaired) electrons. The summed E-state index contributed by atoms with van der Waals surface area (Å²) in [7, 11) is 0. The third-order valence-corrected chi connectivity index (χ3v) is 2.21. The number of nitrogens with one attached hydrogen (secondary N) is 2. The molecular weight excluding hydrogens is 218 g/mol. The van der Waals surface area contributed by atoms with Gasteiger partial charge in [0.25, 0.3) is 0 Å². The molecule has 1 rings (SSSR count). The Hall–Kier alpha value is -1.88. The number of carbonyl (C=O) groups is 2. The molecule has 0 heterocycles. The van der Waals surface area contributed by atoms with Crippen LogP contribution in [0.15, 0.2) is 30.3 Å². The zero-order chi connectivity index (χ0) is 12.8. The Balaban J connectivity index is 2.51. The molecule has 5 heteroatoms. The van der Waals surface area contributed by atoms with Crippen molar-refractivity contribution in [1.29, 1.82) is 0 Å². The summed E-state index contributed by atoms with van der Waals surface area (Å²) in [5.41, 5.74) is 6.09. The maximum Gasteiger partial charge on any atom is 0.246 e. The van der Waals surface area contributed by atoms with Crippen LogP contribution >= 0.6 is 0 Å². The van der Waals surface area contributed by atoms with E-state index in [0.717, 1.165) is 0 Å². The fourth-order valence-corrected chi connectivity index (χ4v) is 1.18. The Bertz CT molecular complexity index is 390. The molecule has 1 unspecified atom stereocenters. The molecule has 0 aliphatic heterocycles. The third-order valence-electron chi connectivity index (χ3n) is 2.21. The van der Waals surface area contributed by atoms with Crippen molar-refractivity contribution in [3.05, 3.63) is 30.3 Å². The van der Waals surface area contributed by atoms with E-state index in [1.165, 1.54) is 0 Å². The maximum atomic E-state index is 11.7. The van der Waals surface area contributed by atoms with Gasteiger partial charge in [0.05, 0.1) is 6.04 Å². The summed E-state index contributed by atoms with van der Waals surface area (Å²) in [6.45, 7) is 3.18. The van der Waals surface area contributed by atoms with E-state index in [1.54, 1.807) is 26.0 Å². The maximum absolute atomic E-state index is 11.7. The number of carbonyl (C=O) groups excluding carboxylic acids is 2. The fourth-order valence-electron chi connectivity index (χ4n) is 1.18. The van der Waals surface area contributed by atoms with Crippen LogP contribution in [0.5, 0.6) is 0 Å². The minimum absolute atomic E-state index is 0.273. The highest BCUT2D eigenvalue weighted by molar-refractivity contribution is 5.97. The lowest BCUT2D eigenvalue weighted by Gasteiger charge is -2.15. The van der Waals surface area contributed by atoms with E-state index in [4.69, 9.17) is 5.73 Å². The summed E-state index contributed by atoms with van der Waals surface area (Å²) in [6.07, 6.45) is 0. The first kappa shape index (κ1) is 13.2. The van der Waals surface area contributed by atoms with Crippen LogP contribution in [0.1, 0.15) is 13.8 Å². The van der Waals surface area contributed by atoms with Gasteiger partial charge in [0.1, 0.15) is 6.04 Å². The highest BCUT2D eigenvalue weighted by Gasteiger charge is 2.17. The van der Waals surface area contributed by atoms with E-state index in [1.807, 2.05) is 18.2 Å². The monoisotopic (exact) mass is 235 g/mol. The molecule has 2 amide bonds. The molecule has 92 valence electrons. The van der Waals surface area contributed by atoms with Gasteiger partial charge in [-0.1, -0.05) is 18.2 Å². The van der Waals surface area contributed by atoms with Gasteiger partial charge in [-0.25, -0.2) is 0 Å². The quantitative estimate of drug-likeness (QED) is 0.709. The topological polar surface area (TPSA) is 84.2 Å². The molecule has 0 spiro atoms. The Morgan fingerprint density at radius 2 is 1.71 bits per heavy atom. The van der Waals surface area contributed by atoms with Gasteiger partial charge in [0, 0.05) is 5.69 Å². The number of benzene rings is 1. The molecule has 0 fully saturated rings. The minimum Gasteiger partial charge on any atom is -0.343 e. The molecule has 4 N–H and O–H groups in total. The molecule has 1 aromatic carbocycles. The highest BCUT2D eigenvalue weighted by Crippen LogP contribution is 2.05. The van der Waals surface area contributed by atoms with Crippen molar-refractivity contribution in [3.63, 3.8) is 0 Å². The normalized spacial score (nSPS) is 13.6. The highest BCUT2D eigenvalue weighted by atomic mass is 16.2. The van der Waals surface area contributed by atoms with Crippen LogP contribution in [-0.4, -0.2) is 23.9 Å². The molecule has 0 saturated heterocycles. The minimum atomic E-state index is -0.623. The Morgan fingerprint density at radius 1 is 1.12 bits per heavy atom. The number of nitrogens with two attached hydrogens (primary N) is 1. The molecular formula is C12H17N3O2. The molecule has 0 aliphatic rings. The van der Waals surface area contributed by atoms with Crippen LogP contribution in [0, 0.1) is 0 Å². The molecule has 0 aromatic heterocycles. The first-order valence-electron chi connectivity index (χ1n) is 5.42. The van der Waals surface area contributed by atoms with Crippen molar-refractivity contribution in [3.8, 4) is 0 Å². The van der Waals surface area contributed by atoms with E-state index in [9.17, 15) is 9.59 Å². The summed E-state index contributed by atoms with van der Waals surface area (Å²) in [5, 5.41) is 5.21. The van der Waals surface area contributed by atoms with Gasteiger partial charge in [0.2, 0.25) is 11.8 Å². The van der Waals surface area contributed by atoms with Crippen molar-refractivity contribution < 1.29 is 9.59 Å². The van der Waals surface area contributed by atoms with Gasteiger partial charge in [-0.15, -0.1) is 0 Å². The predicted molar refractivity (Wildman–Crippen MR) is 66.3 cm³/mol. The molecule has 0 saturated carbocycles. The Kier molecular flexibility index (Phi) is 4.66. The largest absolute Gasteiger partial charge is 0.343 e. The van der Waals surface area contributed by atoms with Crippen LogP contribution in [0.25, 0.3) is 0 Å². The van der Waals surface area contributed by atoms with Gasteiger partial charge in [-0.3, -0.25) is 9.59 Å². The molecule has 2 atom stereocenters. The van der Waals surface area contributed by atoms with Crippen molar-refractivity contribution >= 4 is 17.5 Å². The summed E-state index contributed by atoms with van der Waals surface area (Å²) >= 11 is 0. The first-order valence-corrected chi connectivity index (χ1v) is 5.42. The van der Waals surface area contributed by atoms with Gasteiger partial charge in [-0.2, -0.15) is 0 Å². The van der Waals surface area contributed by atoms with Gasteiger partial charge < -0.3 is 16.4 Å². The second kappa shape index (κ2) is 6.00. The summed E-state index contributed by atoms with van der Waals surface area (Å²) in [5.74, 6) is -0.620. The van der Waals surface area contributed by atoms with E-state index < -0.39 is 12.1 Å². The molecule has 0 aliphatic carbocycles. The first-order chi connectivity index (χ1) is 8.00. The van der Waals surface area contributed by atoms with Gasteiger partial charge in [0.15, 0.2) is 0 Å². The summed E-state index contributed by atoms with van der Waals surface area (Å²) in [4.78, 5) is 23.0. The van der Waals surface area contributed by atoms with Crippen molar-refractivity contribution in [2.45, 2.75) is 25.9 Å². The number of anilines is 1. The van der Waals surface area contributed by atoms with Crippen LogP contribution < -0.4 is 16.4 Å². The van der Waals surface area contributed by atoms with Crippen molar-refractivity contribution in [2.24, 2.45) is 5.73 Å². The standard InChI is InChI=1S/C12H17N3O2/c1-8(13)11(16)14-9(2)12(17)15-10-6-4-3-5-7-10/h3-9H,13H2,1-2H3,(H,14,16)(H,15,17)/t8-,9?/m1/s1. The number of para-hydroxylation sites is 1. The van der Waals surface area contributed by atoms with Crippen LogP contribution in [0.3, 0.4) is 0 Å². The lowest BCUT2D eigenvalue weighted by molar-refractivity contribution is -0.126. The zero-order valence-corrected chi connectivity index (χ0v) is 9.94. The number of rotatable bonds is 4. The Labute approximate surface area is 100 Å². The van der Waals surface area contributed by atoms with Gasteiger partial charge in [-0.05, 0) is 26.0 Å². The van der Waals surface area contributed by atoms with E-state index >= 15 is 0 Å². The zero-order valence-electron chi connectivity index (χ0n) is 9.94. The van der Waals surface area contributed by atoms with Crippen LogP contribution in [-0.2, 0) is 9.59 Å². The van der Waals surface area contributed by atoms with E-state index in [2.05, 4.69) is 10.6 Å². The lowest BCUT2D eigenvalue weighted by atomic mass is 10.2. The lowest BCUT2D eigenvalue weighted by Crippen LogP contribution is -2.47. The van der Waals surface area contributed by atoms with Gasteiger partial charge >= 0.3 is 0 Å². The molecule has 5 nitrogen and oxygen atoms in total. The summed E-state index contributed by atoms with van der Waals surface area (Å²) in [6, 6.07) is 7.81.